The molecule has 1 aliphatic rings. The number of hydrogen-bond donors (Lipinski definition) is 0. The number of hydrogen-bond acceptors (Lipinski definition) is 2. The molecule has 0 bridgehead atoms. The molecule has 4 nitrogen and oxygen atoms in total. The van der Waals surface area contributed by atoms with Crippen LogP contribution in [-0.2, 0) is 6.54 Å². The maximum Gasteiger partial charge on any atom is 0.256 e. The molecule has 0 aliphatic carbocycles. The van der Waals surface area contributed by atoms with Gasteiger partial charge in [0.15, 0.2) is 0 Å². The normalized spacial score (nSPS) is 13.5. The van der Waals surface area contributed by atoms with Gasteiger partial charge in [0.2, 0.25) is 0 Å². The first-order chi connectivity index (χ1) is 9.11. The lowest BCUT2D eigenvalue weighted by atomic mass is 10.1. The monoisotopic (exact) mass is 255 g/mol. The fraction of sp³-hybridized carbons (Fsp3) is 0.143. The molecule has 3 rings (SSSR count). The van der Waals surface area contributed by atoms with Gasteiger partial charge in [-0.25, -0.2) is 9.37 Å². The summed E-state index contributed by atoms with van der Waals surface area (Å²) in [4.78, 5) is 17.9. The SMILES string of the molecule is C#Cc1ncn2c1CN(C)C(=O)c1cc(F)ccc1-2. The number of imidazole rings is 1. The van der Waals surface area contributed by atoms with Gasteiger partial charge in [-0.05, 0) is 24.1 Å². The second kappa shape index (κ2) is 3.95. The van der Waals surface area contributed by atoms with Crippen molar-refractivity contribution in [2.75, 3.05) is 7.05 Å². The molecule has 1 aliphatic heterocycles. The summed E-state index contributed by atoms with van der Waals surface area (Å²) in [5.74, 6) is 1.82. The van der Waals surface area contributed by atoms with Gasteiger partial charge in [-0.2, -0.15) is 0 Å². The average Bonchev–Trinajstić information content (AvgIpc) is 2.76. The van der Waals surface area contributed by atoms with Crippen LogP contribution < -0.4 is 0 Å². The maximum atomic E-state index is 13.3. The minimum Gasteiger partial charge on any atom is -0.336 e. The Kier molecular flexibility index (Phi) is 2.39. The lowest BCUT2D eigenvalue weighted by Gasteiger charge is -2.13. The molecule has 0 saturated heterocycles. The Balaban J connectivity index is 2.33. The van der Waals surface area contributed by atoms with Crippen LogP contribution in [0.1, 0.15) is 21.7 Å². The van der Waals surface area contributed by atoms with Crippen molar-refractivity contribution >= 4 is 5.91 Å². The lowest BCUT2D eigenvalue weighted by Crippen LogP contribution is -2.25. The van der Waals surface area contributed by atoms with E-state index in [1.165, 1.54) is 17.0 Å². The number of rotatable bonds is 0. The minimum absolute atomic E-state index is 0.235. The number of carbonyl (C=O) groups excluding carboxylic acids is 1. The number of carbonyl (C=O) groups is 1. The average molecular weight is 255 g/mol. The predicted octanol–water partition coefficient (Wildman–Crippen LogP) is 1.58. The van der Waals surface area contributed by atoms with Crippen LogP contribution in [0.15, 0.2) is 24.5 Å². The molecule has 0 N–H and O–H groups in total. The van der Waals surface area contributed by atoms with E-state index in [1.54, 1.807) is 24.0 Å². The van der Waals surface area contributed by atoms with Crippen LogP contribution in [0.5, 0.6) is 0 Å². The number of halogens is 1. The van der Waals surface area contributed by atoms with Gasteiger partial charge in [0, 0.05) is 7.05 Å². The zero-order chi connectivity index (χ0) is 13.6. The summed E-state index contributed by atoms with van der Waals surface area (Å²) in [7, 11) is 1.65. The third kappa shape index (κ3) is 1.61. The van der Waals surface area contributed by atoms with Crippen LogP contribution in [0.4, 0.5) is 4.39 Å². The van der Waals surface area contributed by atoms with E-state index < -0.39 is 5.82 Å². The van der Waals surface area contributed by atoms with Gasteiger partial charge in [-0.1, -0.05) is 0 Å². The summed E-state index contributed by atoms with van der Waals surface area (Å²) in [5, 5.41) is 0. The highest BCUT2D eigenvalue weighted by atomic mass is 19.1. The zero-order valence-corrected chi connectivity index (χ0v) is 10.2. The van der Waals surface area contributed by atoms with Crippen LogP contribution in [0.3, 0.4) is 0 Å². The second-order valence-electron chi connectivity index (χ2n) is 4.38. The van der Waals surface area contributed by atoms with E-state index in [-0.39, 0.29) is 5.91 Å². The molecule has 1 amide bonds. The molecule has 0 unspecified atom stereocenters. The summed E-state index contributed by atoms with van der Waals surface area (Å²) < 4.78 is 15.1. The third-order valence-corrected chi connectivity index (χ3v) is 3.19. The van der Waals surface area contributed by atoms with Crippen LogP contribution in [0.25, 0.3) is 5.69 Å². The molecular formula is C14H10FN3O. The predicted molar refractivity (Wildman–Crippen MR) is 67.3 cm³/mol. The number of amides is 1. The van der Waals surface area contributed by atoms with Gasteiger partial charge in [-0.15, -0.1) is 6.42 Å². The number of fused-ring (bicyclic) bond motifs is 3. The highest BCUT2D eigenvalue weighted by molar-refractivity contribution is 5.98. The molecule has 0 spiro atoms. The van der Waals surface area contributed by atoms with E-state index in [9.17, 15) is 9.18 Å². The molecule has 1 aromatic carbocycles. The van der Waals surface area contributed by atoms with Crippen molar-refractivity contribution < 1.29 is 9.18 Å². The van der Waals surface area contributed by atoms with E-state index in [2.05, 4.69) is 10.9 Å². The van der Waals surface area contributed by atoms with Gasteiger partial charge >= 0.3 is 0 Å². The van der Waals surface area contributed by atoms with Gasteiger partial charge in [0.05, 0.1) is 23.5 Å². The van der Waals surface area contributed by atoms with Crippen molar-refractivity contribution in [2.45, 2.75) is 6.54 Å². The smallest absolute Gasteiger partial charge is 0.256 e. The van der Waals surface area contributed by atoms with Crippen LogP contribution >= 0.6 is 0 Å². The van der Waals surface area contributed by atoms with E-state index in [0.717, 1.165) is 5.69 Å². The Morgan fingerprint density at radius 3 is 3.00 bits per heavy atom. The fourth-order valence-electron chi connectivity index (χ4n) is 2.24. The van der Waals surface area contributed by atoms with E-state index in [0.29, 0.717) is 23.5 Å². The van der Waals surface area contributed by atoms with Gasteiger partial charge in [0.1, 0.15) is 17.8 Å². The van der Waals surface area contributed by atoms with Crippen LogP contribution in [-0.4, -0.2) is 27.4 Å². The highest BCUT2D eigenvalue weighted by Crippen LogP contribution is 2.25. The fourth-order valence-corrected chi connectivity index (χ4v) is 2.24. The minimum atomic E-state index is -0.443. The Bertz CT molecular complexity index is 727. The molecule has 0 fully saturated rings. The molecule has 1 aromatic heterocycles. The number of benzene rings is 1. The lowest BCUT2D eigenvalue weighted by molar-refractivity contribution is 0.0787. The zero-order valence-electron chi connectivity index (χ0n) is 10.2. The van der Waals surface area contributed by atoms with Crippen molar-refractivity contribution in [3.63, 3.8) is 0 Å². The molecule has 0 saturated carbocycles. The Labute approximate surface area is 109 Å². The third-order valence-electron chi connectivity index (χ3n) is 3.19. The number of aromatic nitrogens is 2. The standard InChI is InChI=1S/C14H10FN3O/c1-3-11-13-7-17(2)14(19)10-6-9(15)4-5-12(10)18(13)8-16-11/h1,4-6,8H,7H2,2H3. The van der Waals surface area contributed by atoms with Crippen molar-refractivity contribution in [3.05, 3.63) is 47.3 Å². The highest BCUT2D eigenvalue weighted by Gasteiger charge is 2.26. The molecule has 2 heterocycles. The van der Waals surface area contributed by atoms with Crippen LogP contribution in [0, 0.1) is 18.2 Å². The van der Waals surface area contributed by atoms with Gasteiger partial charge < -0.3 is 4.90 Å². The maximum absolute atomic E-state index is 13.3. The molecular weight excluding hydrogens is 245 g/mol. The van der Waals surface area contributed by atoms with Crippen molar-refractivity contribution in [3.8, 4) is 18.0 Å². The Hall–Kier alpha value is -2.61. The molecule has 19 heavy (non-hydrogen) atoms. The molecule has 5 heteroatoms. The number of terminal acetylenes is 1. The van der Waals surface area contributed by atoms with E-state index in [4.69, 9.17) is 6.42 Å². The van der Waals surface area contributed by atoms with E-state index in [1.807, 2.05) is 0 Å². The summed E-state index contributed by atoms with van der Waals surface area (Å²) in [5.41, 5.74) is 2.16. The topological polar surface area (TPSA) is 38.1 Å². The second-order valence-corrected chi connectivity index (χ2v) is 4.38. The van der Waals surface area contributed by atoms with Crippen molar-refractivity contribution in [1.82, 2.24) is 14.5 Å². The molecule has 94 valence electrons. The van der Waals surface area contributed by atoms with Gasteiger partial charge in [-0.3, -0.25) is 9.36 Å². The molecule has 0 atom stereocenters. The first-order valence-electron chi connectivity index (χ1n) is 5.70. The number of nitrogens with zero attached hydrogens (tertiary/aromatic N) is 3. The Morgan fingerprint density at radius 1 is 1.47 bits per heavy atom. The largest absolute Gasteiger partial charge is 0.336 e. The summed E-state index contributed by atoms with van der Waals surface area (Å²) in [6.45, 7) is 0.342. The summed E-state index contributed by atoms with van der Waals surface area (Å²) >= 11 is 0. The van der Waals surface area contributed by atoms with Crippen molar-refractivity contribution in [1.29, 1.82) is 0 Å². The summed E-state index contributed by atoms with van der Waals surface area (Å²) in [6, 6.07) is 4.11. The van der Waals surface area contributed by atoms with Crippen LogP contribution in [0.2, 0.25) is 0 Å². The first kappa shape index (κ1) is 11.5. The molecule has 2 aromatic rings. The quantitative estimate of drug-likeness (QED) is 0.670. The molecule has 0 radical (unpaired) electrons. The van der Waals surface area contributed by atoms with E-state index >= 15 is 0 Å². The first-order valence-corrected chi connectivity index (χ1v) is 5.70. The summed E-state index contributed by atoms with van der Waals surface area (Å²) in [6.07, 6.45) is 6.97. The Morgan fingerprint density at radius 2 is 2.26 bits per heavy atom. The van der Waals surface area contributed by atoms with Gasteiger partial charge in [0.25, 0.3) is 5.91 Å². The van der Waals surface area contributed by atoms with Crippen molar-refractivity contribution in [2.24, 2.45) is 0 Å².